The standard InChI is InChI=1S/C12H19N3O4S.K/c1-4-8(2)14-11-6-9(12(16)17)5-10(15-11)13-7-20(3,18)19;/h5-6,8H,4,7H2,1-3H3,(H,16,17)(H2,13,14,15);/q;+1/p-1. The number of carboxylic acid groups (broad SMARTS) is 1. The Bertz CT molecular complexity index is 592. The number of anilines is 2. The maximum absolute atomic E-state index is 11.1. The zero-order valence-corrected chi connectivity index (χ0v) is 16.6. The minimum atomic E-state index is -3.23. The van der Waals surface area contributed by atoms with Crippen molar-refractivity contribution >= 4 is 27.4 Å². The molecule has 1 rings (SSSR count). The fourth-order valence-corrected chi connectivity index (χ4v) is 1.78. The van der Waals surface area contributed by atoms with Gasteiger partial charge in [-0.1, -0.05) is 6.92 Å². The van der Waals surface area contributed by atoms with E-state index in [0.717, 1.165) is 12.7 Å². The summed E-state index contributed by atoms with van der Waals surface area (Å²) in [4.78, 5) is 15.1. The molecule has 0 aliphatic heterocycles. The third-order valence-corrected chi connectivity index (χ3v) is 3.25. The third-order valence-electron chi connectivity index (χ3n) is 2.58. The van der Waals surface area contributed by atoms with E-state index in [-0.39, 0.29) is 74.7 Å². The first-order valence-electron chi connectivity index (χ1n) is 6.13. The van der Waals surface area contributed by atoms with E-state index in [2.05, 4.69) is 15.6 Å². The minimum Gasteiger partial charge on any atom is -0.545 e. The summed E-state index contributed by atoms with van der Waals surface area (Å²) in [6, 6.07) is 2.71. The molecule has 0 aromatic carbocycles. The number of aromatic carboxylic acids is 1. The molecule has 0 aliphatic rings. The van der Waals surface area contributed by atoms with Crippen LogP contribution in [0, 0.1) is 0 Å². The van der Waals surface area contributed by atoms with Gasteiger partial charge in [-0.2, -0.15) is 0 Å². The van der Waals surface area contributed by atoms with Gasteiger partial charge in [-0.3, -0.25) is 0 Å². The molecule has 9 heteroatoms. The van der Waals surface area contributed by atoms with Crippen molar-refractivity contribution in [2.45, 2.75) is 26.3 Å². The summed E-state index contributed by atoms with van der Waals surface area (Å²) in [7, 11) is -3.23. The van der Waals surface area contributed by atoms with Crippen molar-refractivity contribution in [1.29, 1.82) is 0 Å². The summed E-state index contributed by atoms with van der Waals surface area (Å²) in [6.07, 6.45) is 1.91. The molecule has 1 atom stereocenters. The van der Waals surface area contributed by atoms with Crippen LogP contribution in [0.15, 0.2) is 12.1 Å². The van der Waals surface area contributed by atoms with Gasteiger partial charge in [0.05, 0.1) is 5.97 Å². The van der Waals surface area contributed by atoms with Crippen LogP contribution in [0.1, 0.15) is 30.6 Å². The Labute approximate surface area is 167 Å². The molecule has 112 valence electrons. The average molecular weight is 339 g/mol. The van der Waals surface area contributed by atoms with Crippen LogP contribution in [0.25, 0.3) is 0 Å². The number of carboxylic acids is 1. The van der Waals surface area contributed by atoms with Gasteiger partial charge in [0.1, 0.15) is 17.5 Å². The SMILES string of the molecule is CCC(C)Nc1cc(C(=O)[O-])cc(NCS(C)(=O)=O)n1.[K+]. The Morgan fingerprint density at radius 1 is 1.38 bits per heavy atom. The minimum absolute atomic E-state index is 0. The number of nitrogens with one attached hydrogen (secondary N) is 2. The summed E-state index contributed by atoms with van der Waals surface area (Å²) in [5.41, 5.74) is -0.0678. The second-order valence-corrected chi connectivity index (χ2v) is 6.75. The maximum Gasteiger partial charge on any atom is 1.00 e. The summed E-state index contributed by atoms with van der Waals surface area (Å²) in [5.74, 6) is -1.14. The molecule has 1 aromatic rings. The molecule has 1 heterocycles. The van der Waals surface area contributed by atoms with Crippen molar-refractivity contribution in [1.82, 2.24) is 4.98 Å². The number of aromatic nitrogens is 1. The molecule has 0 saturated carbocycles. The summed E-state index contributed by atoms with van der Waals surface area (Å²) in [5, 5.41) is 16.6. The summed E-state index contributed by atoms with van der Waals surface area (Å²) >= 11 is 0. The smallest absolute Gasteiger partial charge is 0.545 e. The van der Waals surface area contributed by atoms with Crippen molar-refractivity contribution in [3.8, 4) is 0 Å². The van der Waals surface area contributed by atoms with E-state index < -0.39 is 15.8 Å². The van der Waals surface area contributed by atoms with Gasteiger partial charge in [-0.25, -0.2) is 13.4 Å². The van der Waals surface area contributed by atoms with Crippen LogP contribution in [0.4, 0.5) is 11.6 Å². The fraction of sp³-hybridized carbons (Fsp3) is 0.500. The van der Waals surface area contributed by atoms with Gasteiger partial charge in [-0.15, -0.1) is 0 Å². The molecule has 7 nitrogen and oxygen atoms in total. The van der Waals surface area contributed by atoms with Crippen molar-refractivity contribution in [2.24, 2.45) is 0 Å². The van der Waals surface area contributed by atoms with Crippen LogP contribution >= 0.6 is 0 Å². The molecule has 1 aromatic heterocycles. The molecule has 2 N–H and O–H groups in total. The van der Waals surface area contributed by atoms with Gasteiger partial charge < -0.3 is 20.5 Å². The van der Waals surface area contributed by atoms with Gasteiger partial charge in [0.25, 0.3) is 0 Å². The summed E-state index contributed by atoms with van der Waals surface area (Å²) < 4.78 is 22.2. The molecule has 0 aliphatic carbocycles. The molecule has 0 amide bonds. The zero-order chi connectivity index (χ0) is 15.3. The topological polar surface area (TPSA) is 111 Å². The van der Waals surface area contributed by atoms with Gasteiger partial charge in [0, 0.05) is 17.9 Å². The van der Waals surface area contributed by atoms with E-state index in [1.807, 2.05) is 13.8 Å². The molecular formula is C12H18KN3O4S. The van der Waals surface area contributed by atoms with Crippen molar-refractivity contribution in [2.75, 3.05) is 22.8 Å². The van der Waals surface area contributed by atoms with Gasteiger partial charge in [-0.05, 0) is 25.5 Å². The molecule has 1 unspecified atom stereocenters. The number of sulfone groups is 1. The molecule has 0 fully saturated rings. The number of hydrogen-bond acceptors (Lipinski definition) is 7. The van der Waals surface area contributed by atoms with Crippen LogP contribution in [-0.4, -0.2) is 37.5 Å². The second-order valence-electron chi connectivity index (χ2n) is 4.61. The third kappa shape index (κ3) is 8.12. The number of pyridine rings is 1. The van der Waals surface area contributed by atoms with Gasteiger partial charge >= 0.3 is 51.4 Å². The molecule has 0 saturated heterocycles. The Hall–Kier alpha value is -0.194. The first kappa shape index (κ1) is 20.8. The Balaban J connectivity index is 0.00000400. The van der Waals surface area contributed by atoms with E-state index in [1.54, 1.807) is 0 Å². The zero-order valence-electron chi connectivity index (χ0n) is 12.6. The number of carbonyl (C=O) groups is 1. The monoisotopic (exact) mass is 339 g/mol. The van der Waals surface area contributed by atoms with E-state index in [1.165, 1.54) is 12.1 Å². The number of carbonyl (C=O) groups excluding carboxylic acids is 1. The Morgan fingerprint density at radius 2 is 1.95 bits per heavy atom. The number of hydrogen-bond donors (Lipinski definition) is 2. The fourth-order valence-electron chi connectivity index (χ4n) is 1.37. The molecule has 21 heavy (non-hydrogen) atoms. The normalized spacial score (nSPS) is 12.1. The van der Waals surface area contributed by atoms with Crippen molar-refractivity contribution < 1.29 is 69.7 Å². The second kappa shape index (κ2) is 9.06. The molecule has 0 radical (unpaired) electrons. The number of nitrogens with zero attached hydrogens (tertiary/aromatic N) is 1. The van der Waals surface area contributed by atoms with Crippen LogP contribution in [0.3, 0.4) is 0 Å². The summed E-state index contributed by atoms with van der Waals surface area (Å²) in [6.45, 7) is 3.90. The number of rotatable bonds is 7. The van der Waals surface area contributed by atoms with Crippen LogP contribution in [-0.2, 0) is 9.84 Å². The maximum atomic E-state index is 11.1. The predicted octanol–water partition coefficient (Wildman–Crippen LogP) is -2.93. The van der Waals surface area contributed by atoms with Crippen molar-refractivity contribution in [3.05, 3.63) is 17.7 Å². The largest absolute Gasteiger partial charge is 1.00 e. The predicted molar refractivity (Wildman–Crippen MR) is 75.3 cm³/mol. The van der Waals surface area contributed by atoms with E-state index in [4.69, 9.17) is 0 Å². The first-order chi connectivity index (χ1) is 9.21. The molecular weight excluding hydrogens is 321 g/mol. The van der Waals surface area contributed by atoms with Crippen molar-refractivity contribution in [3.63, 3.8) is 0 Å². The van der Waals surface area contributed by atoms with E-state index in [0.29, 0.717) is 5.82 Å². The quantitative estimate of drug-likeness (QED) is 0.512. The Kier molecular flexibility index (Phi) is 8.98. The van der Waals surface area contributed by atoms with Gasteiger partial charge in [0.15, 0.2) is 9.84 Å². The molecule has 0 bridgehead atoms. The van der Waals surface area contributed by atoms with E-state index in [9.17, 15) is 18.3 Å². The molecule has 0 spiro atoms. The van der Waals surface area contributed by atoms with Crippen LogP contribution in [0.2, 0.25) is 0 Å². The first-order valence-corrected chi connectivity index (χ1v) is 8.19. The van der Waals surface area contributed by atoms with Crippen LogP contribution in [0.5, 0.6) is 0 Å². The van der Waals surface area contributed by atoms with Gasteiger partial charge in [0.2, 0.25) is 0 Å². The van der Waals surface area contributed by atoms with E-state index >= 15 is 0 Å². The average Bonchev–Trinajstić information content (AvgIpc) is 2.35. The Morgan fingerprint density at radius 3 is 2.43 bits per heavy atom. The van der Waals surface area contributed by atoms with Crippen LogP contribution < -0.4 is 67.1 Å².